The quantitative estimate of drug-likeness (QED) is 0.670. The Kier molecular flexibility index (Phi) is 5.83. The van der Waals surface area contributed by atoms with Gasteiger partial charge in [-0.2, -0.15) is 0 Å². The molecule has 0 bridgehead atoms. The minimum Gasteiger partial charge on any atom is -0.358 e. The van der Waals surface area contributed by atoms with Crippen molar-refractivity contribution in [3.05, 3.63) is 0 Å². The van der Waals surface area contributed by atoms with E-state index < -0.39 is 0 Å². The summed E-state index contributed by atoms with van der Waals surface area (Å²) >= 11 is 0. The van der Waals surface area contributed by atoms with Gasteiger partial charge >= 0.3 is 0 Å². The molecular weight excluding hydrogens is 190 g/mol. The Morgan fingerprint density at radius 3 is 2.33 bits per heavy atom. The van der Waals surface area contributed by atoms with E-state index in [9.17, 15) is 4.79 Å². The SMILES string of the molecule is CNC(=O)C(C)NCC(C)(C)CN(C)C. The number of carbonyl (C=O) groups is 1. The van der Waals surface area contributed by atoms with Crippen molar-refractivity contribution in [1.29, 1.82) is 0 Å². The molecule has 4 heteroatoms. The molecule has 0 heterocycles. The molecule has 0 aliphatic rings. The van der Waals surface area contributed by atoms with E-state index in [4.69, 9.17) is 0 Å². The number of likely N-dealkylation sites (N-methyl/N-ethyl adjacent to an activating group) is 1. The fourth-order valence-corrected chi connectivity index (χ4v) is 1.65. The summed E-state index contributed by atoms with van der Waals surface area (Å²) in [5, 5.41) is 5.87. The zero-order chi connectivity index (χ0) is 12.1. The van der Waals surface area contributed by atoms with Gasteiger partial charge in [0.25, 0.3) is 0 Å². The first-order valence-corrected chi connectivity index (χ1v) is 5.38. The molecule has 0 saturated heterocycles. The molecule has 0 rings (SSSR count). The van der Waals surface area contributed by atoms with Crippen LogP contribution in [0.4, 0.5) is 0 Å². The maximum Gasteiger partial charge on any atom is 0.236 e. The van der Waals surface area contributed by atoms with Crippen LogP contribution in [-0.2, 0) is 4.79 Å². The highest BCUT2D eigenvalue weighted by molar-refractivity contribution is 5.80. The van der Waals surface area contributed by atoms with Gasteiger partial charge in [0.05, 0.1) is 6.04 Å². The molecule has 0 aromatic carbocycles. The van der Waals surface area contributed by atoms with Gasteiger partial charge in [0, 0.05) is 20.1 Å². The Balaban J connectivity index is 3.97. The molecule has 4 nitrogen and oxygen atoms in total. The van der Waals surface area contributed by atoms with Crippen LogP contribution >= 0.6 is 0 Å². The van der Waals surface area contributed by atoms with Crippen LogP contribution in [-0.4, -0.2) is 51.1 Å². The van der Waals surface area contributed by atoms with Crippen LogP contribution in [0.3, 0.4) is 0 Å². The maximum absolute atomic E-state index is 11.3. The molecule has 1 atom stereocenters. The summed E-state index contributed by atoms with van der Waals surface area (Å²) in [5.41, 5.74) is 0.172. The van der Waals surface area contributed by atoms with Crippen LogP contribution in [0.1, 0.15) is 20.8 Å². The molecule has 90 valence electrons. The van der Waals surface area contributed by atoms with E-state index in [1.165, 1.54) is 0 Å². The number of hydrogen-bond donors (Lipinski definition) is 2. The van der Waals surface area contributed by atoms with Crippen molar-refractivity contribution >= 4 is 5.91 Å². The number of nitrogens with zero attached hydrogens (tertiary/aromatic N) is 1. The number of nitrogens with one attached hydrogen (secondary N) is 2. The lowest BCUT2D eigenvalue weighted by Crippen LogP contribution is -2.46. The number of amides is 1. The van der Waals surface area contributed by atoms with Crippen LogP contribution in [0.5, 0.6) is 0 Å². The summed E-state index contributed by atoms with van der Waals surface area (Å²) in [6.07, 6.45) is 0. The molecule has 0 saturated carbocycles. The van der Waals surface area contributed by atoms with Crippen LogP contribution < -0.4 is 10.6 Å². The molecule has 1 unspecified atom stereocenters. The van der Waals surface area contributed by atoms with E-state index in [-0.39, 0.29) is 17.4 Å². The van der Waals surface area contributed by atoms with Crippen LogP contribution in [0, 0.1) is 5.41 Å². The average molecular weight is 215 g/mol. The van der Waals surface area contributed by atoms with E-state index in [1.54, 1.807) is 7.05 Å². The average Bonchev–Trinajstić information content (AvgIpc) is 2.11. The second-order valence-electron chi connectivity index (χ2n) is 5.12. The Labute approximate surface area is 93.4 Å². The van der Waals surface area contributed by atoms with E-state index in [1.807, 2.05) is 6.92 Å². The van der Waals surface area contributed by atoms with Crippen molar-refractivity contribution in [1.82, 2.24) is 15.5 Å². The fraction of sp³-hybridized carbons (Fsp3) is 0.909. The molecule has 0 fully saturated rings. The third-order valence-corrected chi connectivity index (χ3v) is 2.27. The summed E-state index contributed by atoms with van der Waals surface area (Å²) in [6.45, 7) is 8.10. The molecule has 0 aromatic rings. The van der Waals surface area contributed by atoms with Crippen molar-refractivity contribution in [3.8, 4) is 0 Å². The van der Waals surface area contributed by atoms with Crippen LogP contribution in [0.25, 0.3) is 0 Å². The van der Waals surface area contributed by atoms with Crippen molar-refractivity contribution in [2.45, 2.75) is 26.8 Å². The minimum absolute atomic E-state index is 0.0376. The van der Waals surface area contributed by atoms with Gasteiger partial charge < -0.3 is 15.5 Å². The molecule has 0 aliphatic heterocycles. The topological polar surface area (TPSA) is 44.4 Å². The van der Waals surface area contributed by atoms with E-state index >= 15 is 0 Å². The Morgan fingerprint density at radius 2 is 1.93 bits per heavy atom. The van der Waals surface area contributed by atoms with Gasteiger partial charge in [-0.25, -0.2) is 0 Å². The lowest BCUT2D eigenvalue weighted by atomic mass is 9.92. The lowest BCUT2D eigenvalue weighted by molar-refractivity contribution is -0.122. The normalized spacial score (nSPS) is 14.1. The number of carbonyl (C=O) groups excluding carboxylic acids is 1. The number of hydrogen-bond acceptors (Lipinski definition) is 3. The van der Waals surface area contributed by atoms with Crippen molar-refractivity contribution in [2.24, 2.45) is 5.41 Å². The predicted molar refractivity (Wildman–Crippen MR) is 63.9 cm³/mol. The zero-order valence-corrected chi connectivity index (χ0v) is 10.8. The Hall–Kier alpha value is -0.610. The number of rotatable bonds is 6. The largest absolute Gasteiger partial charge is 0.358 e. The summed E-state index contributed by atoms with van der Waals surface area (Å²) in [5.74, 6) is 0.0376. The standard InChI is InChI=1S/C11H25N3O/c1-9(10(15)12-4)13-7-11(2,3)8-14(5)6/h9,13H,7-8H2,1-6H3,(H,12,15). The lowest BCUT2D eigenvalue weighted by Gasteiger charge is -2.29. The highest BCUT2D eigenvalue weighted by Crippen LogP contribution is 2.14. The van der Waals surface area contributed by atoms with Gasteiger partial charge in [0.15, 0.2) is 0 Å². The van der Waals surface area contributed by atoms with Gasteiger partial charge in [-0.3, -0.25) is 4.79 Å². The Morgan fingerprint density at radius 1 is 1.40 bits per heavy atom. The first-order valence-electron chi connectivity index (χ1n) is 5.38. The van der Waals surface area contributed by atoms with Crippen LogP contribution in [0.2, 0.25) is 0 Å². The summed E-state index contributed by atoms with van der Waals surface area (Å²) < 4.78 is 0. The molecule has 0 radical (unpaired) electrons. The summed E-state index contributed by atoms with van der Waals surface area (Å²) in [6, 6.07) is -0.128. The summed E-state index contributed by atoms with van der Waals surface area (Å²) in [7, 11) is 5.78. The van der Waals surface area contributed by atoms with Gasteiger partial charge in [-0.1, -0.05) is 13.8 Å². The Bertz CT molecular complexity index is 202. The second-order valence-corrected chi connectivity index (χ2v) is 5.12. The predicted octanol–water partition coefficient (Wildman–Crippen LogP) is 0.298. The monoisotopic (exact) mass is 215 g/mol. The minimum atomic E-state index is -0.128. The molecular formula is C11H25N3O. The first kappa shape index (κ1) is 14.4. The zero-order valence-electron chi connectivity index (χ0n) is 10.8. The van der Waals surface area contributed by atoms with Gasteiger partial charge in [-0.05, 0) is 26.4 Å². The molecule has 0 aromatic heterocycles. The van der Waals surface area contributed by atoms with E-state index in [2.05, 4.69) is 43.5 Å². The van der Waals surface area contributed by atoms with E-state index in [0.717, 1.165) is 13.1 Å². The highest BCUT2D eigenvalue weighted by Gasteiger charge is 2.20. The van der Waals surface area contributed by atoms with Crippen molar-refractivity contribution in [2.75, 3.05) is 34.2 Å². The molecule has 0 spiro atoms. The molecule has 15 heavy (non-hydrogen) atoms. The van der Waals surface area contributed by atoms with Gasteiger partial charge in [0.2, 0.25) is 5.91 Å². The van der Waals surface area contributed by atoms with Gasteiger partial charge in [0.1, 0.15) is 0 Å². The van der Waals surface area contributed by atoms with Gasteiger partial charge in [-0.15, -0.1) is 0 Å². The van der Waals surface area contributed by atoms with Crippen molar-refractivity contribution < 1.29 is 4.79 Å². The fourth-order valence-electron chi connectivity index (χ4n) is 1.65. The molecule has 2 N–H and O–H groups in total. The van der Waals surface area contributed by atoms with Crippen molar-refractivity contribution in [3.63, 3.8) is 0 Å². The third-order valence-electron chi connectivity index (χ3n) is 2.27. The maximum atomic E-state index is 11.3. The highest BCUT2D eigenvalue weighted by atomic mass is 16.2. The first-order chi connectivity index (χ1) is 6.78. The summed E-state index contributed by atoms with van der Waals surface area (Å²) in [4.78, 5) is 13.4. The third kappa shape index (κ3) is 6.47. The van der Waals surface area contributed by atoms with E-state index in [0.29, 0.717) is 0 Å². The molecule has 1 amide bonds. The van der Waals surface area contributed by atoms with Crippen LogP contribution in [0.15, 0.2) is 0 Å². The molecule has 0 aliphatic carbocycles. The second kappa shape index (κ2) is 6.08. The smallest absolute Gasteiger partial charge is 0.236 e.